The third-order valence-electron chi connectivity index (χ3n) is 1.67. The van der Waals surface area contributed by atoms with Gasteiger partial charge in [0.2, 0.25) is 0 Å². The van der Waals surface area contributed by atoms with E-state index < -0.39 is 5.60 Å². The molecule has 0 aliphatic heterocycles. The van der Waals surface area contributed by atoms with Crippen LogP contribution in [-0.4, -0.2) is 33.7 Å². The summed E-state index contributed by atoms with van der Waals surface area (Å²) in [6.07, 6.45) is 0. The predicted molar refractivity (Wildman–Crippen MR) is 67.4 cm³/mol. The van der Waals surface area contributed by atoms with Crippen LogP contribution >= 0.6 is 23.1 Å². The molecule has 1 rings (SSSR count). The van der Waals surface area contributed by atoms with Crippen molar-refractivity contribution in [3.8, 4) is 0 Å². The summed E-state index contributed by atoms with van der Waals surface area (Å²) in [5.74, 6) is 1.81. The summed E-state index contributed by atoms with van der Waals surface area (Å²) < 4.78 is 0. The molecule has 86 valence electrons. The fourth-order valence-electron chi connectivity index (χ4n) is 1.01. The molecular formula is C10H18N2OS2. The molecule has 0 bridgehead atoms. The average molecular weight is 246 g/mol. The zero-order valence-corrected chi connectivity index (χ0v) is 10.8. The van der Waals surface area contributed by atoms with Crippen LogP contribution in [0, 0.1) is 0 Å². The Morgan fingerprint density at radius 1 is 1.60 bits per heavy atom. The van der Waals surface area contributed by atoms with E-state index in [1.807, 2.05) is 19.4 Å². The molecule has 0 aliphatic rings. The van der Waals surface area contributed by atoms with Gasteiger partial charge >= 0.3 is 0 Å². The Hall–Kier alpha value is -0.100. The van der Waals surface area contributed by atoms with Gasteiger partial charge in [-0.1, -0.05) is 0 Å². The molecule has 1 aromatic rings. The molecule has 1 aromatic heterocycles. The molecule has 0 aromatic carbocycles. The van der Waals surface area contributed by atoms with Crippen molar-refractivity contribution in [2.45, 2.75) is 26.0 Å². The molecular weight excluding hydrogens is 228 g/mol. The minimum atomic E-state index is -0.556. The average Bonchev–Trinajstić information content (AvgIpc) is 2.61. The highest BCUT2D eigenvalue weighted by atomic mass is 32.2. The number of hydrogen-bond acceptors (Lipinski definition) is 5. The van der Waals surface area contributed by atoms with Crippen molar-refractivity contribution in [3.63, 3.8) is 0 Å². The first-order valence-electron chi connectivity index (χ1n) is 4.96. The fourth-order valence-corrected chi connectivity index (χ4v) is 2.50. The molecule has 3 nitrogen and oxygen atoms in total. The normalized spacial score (nSPS) is 11.9. The number of aromatic nitrogens is 1. The summed E-state index contributed by atoms with van der Waals surface area (Å²) in [5.41, 5.74) is 2.40. The van der Waals surface area contributed by atoms with Gasteiger partial charge in [0.25, 0.3) is 0 Å². The maximum Gasteiger partial charge on any atom is 0.0795 e. The second kappa shape index (κ2) is 6.48. The molecule has 5 heteroatoms. The highest BCUT2D eigenvalue weighted by Gasteiger charge is 2.11. The van der Waals surface area contributed by atoms with E-state index in [2.05, 4.69) is 15.7 Å². The molecule has 0 fully saturated rings. The molecule has 0 aliphatic carbocycles. The summed E-state index contributed by atoms with van der Waals surface area (Å²) in [4.78, 5) is 4.18. The third-order valence-corrected chi connectivity index (χ3v) is 3.71. The first kappa shape index (κ1) is 13.0. The highest BCUT2D eigenvalue weighted by molar-refractivity contribution is 7.99. The van der Waals surface area contributed by atoms with Gasteiger partial charge in [-0.15, -0.1) is 11.3 Å². The number of thioether (sulfide) groups is 1. The zero-order valence-electron chi connectivity index (χ0n) is 9.19. The lowest BCUT2D eigenvalue weighted by molar-refractivity contribution is 0.107. The lowest BCUT2D eigenvalue weighted by atomic mass is 10.2. The maximum absolute atomic E-state index is 9.47. The van der Waals surface area contributed by atoms with E-state index in [1.165, 1.54) is 0 Å². The minimum absolute atomic E-state index is 0.556. The van der Waals surface area contributed by atoms with E-state index in [1.54, 1.807) is 23.1 Å². The Balaban J connectivity index is 1.94. The molecule has 1 heterocycles. The molecule has 15 heavy (non-hydrogen) atoms. The largest absolute Gasteiger partial charge is 0.390 e. The summed E-state index contributed by atoms with van der Waals surface area (Å²) in [6.45, 7) is 5.47. The van der Waals surface area contributed by atoms with E-state index in [4.69, 9.17) is 0 Å². The van der Waals surface area contributed by atoms with Crippen molar-refractivity contribution in [2.75, 3.05) is 18.1 Å². The second-order valence-electron chi connectivity index (χ2n) is 4.02. The number of hydrogen-bond donors (Lipinski definition) is 2. The summed E-state index contributed by atoms with van der Waals surface area (Å²) >= 11 is 3.39. The number of rotatable bonds is 7. The Morgan fingerprint density at radius 2 is 2.40 bits per heavy atom. The Bertz CT molecular complexity index is 257. The van der Waals surface area contributed by atoms with Gasteiger partial charge in [-0.05, 0) is 13.8 Å². The van der Waals surface area contributed by atoms with Crippen molar-refractivity contribution in [2.24, 2.45) is 0 Å². The monoisotopic (exact) mass is 246 g/mol. The van der Waals surface area contributed by atoms with Gasteiger partial charge in [-0.2, -0.15) is 11.8 Å². The fraction of sp³-hybridized carbons (Fsp3) is 0.700. The molecule has 0 saturated carbocycles. The molecule has 0 atom stereocenters. The number of aliphatic hydroxyl groups is 1. The molecule has 0 saturated heterocycles. The van der Waals surface area contributed by atoms with Gasteiger partial charge in [-0.3, -0.25) is 0 Å². The lowest BCUT2D eigenvalue weighted by Crippen LogP contribution is -2.23. The number of nitrogens with one attached hydrogen (secondary N) is 1. The van der Waals surface area contributed by atoms with Crippen LogP contribution in [0.2, 0.25) is 0 Å². The van der Waals surface area contributed by atoms with Gasteiger partial charge in [-0.25, -0.2) is 4.98 Å². The Morgan fingerprint density at radius 3 is 3.00 bits per heavy atom. The van der Waals surface area contributed by atoms with Crippen LogP contribution < -0.4 is 5.32 Å². The summed E-state index contributed by atoms with van der Waals surface area (Å²) in [7, 11) is 0. The van der Waals surface area contributed by atoms with E-state index in [9.17, 15) is 5.11 Å². The zero-order chi connectivity index (χ0) is 11.1. The standard InChI is InChI=1S/C10H18N2OS2/c1-10(2,13)7-14-4-3-11-5-9-6-15-8-12-9/h6,8,11,13H,3-5,7H2,1-2H3. The van der Waals surface area contributed by atoms with Crippen molar-refractivity contribution < 1.29 is 5.11 Å². The van der Waals surface area contributed by atoms with Gasteiger partial charge in [0.05, 0.1) is 16.8 Å². The van der Waals surface area contributed by atoms with Crippen molar-refractivity contribution in [3.05, 3.63) is 16.6 Å². The van der Waals surface area contributed by atoms with Crippen molar-refractivity contribution in [1.82, 2.24) is 10.3 Å². The topological polar surface area (TPSA) is 45.1 Å². The van der Waals surface area contributed by atoms with Crippen LogP contribution in [0.15, 0.2) is 10.9 Å². The third kappa shape index (κ3) is 6.89. The molecule has 0 spiro atoms. The predicted octanol–water partition coefficient (Wildman–Crippen LogP) is 1.74. The highest BCUT2D eigenvalue weighted by Crippen LogP contribution is 2.10. The van der Waals surface area contributed by atoms with Gasteiger partial charge in [0.1, 0.15) is 0 Å². The molecule has 2 N–H and O–H groups in total. The smallest absolute Gasteiger partial charge is 0.0795 e. The first-order chi connectivity index (χ1) is 7.08. The Labute approximate surface area is 99.3 Å². The molecule has 0 radical (unpaired) electrons. The van der Waals surface area contributed by atoms with Crippen LogP contribution in [0.4, 0.5) is 0 Å². The van der Waals surface area contributed by atoms with Gasteiger partial charge in [0.15, 0.2) is 0 Å². The van der Waals surface area contributed by atoms with E-state index in [0.717, 1.165) is 30.3 Å². The maximum atomic E-state index is 9.47. The summed E-state index contributed by atoms with van der Waals surface area (Å²) in [6, 6.07) is 0. The van der Waals surface area contributed by atoms with Crippen molar-refractivity contribution >= 4 is 23.1 Å². The SMILES string of the molecule is CC(C)(O)CSCCNCc1cscn1. The molecule has 0 amide bonds. The van der Waals surface area contributed by atoms with Gasteiger partial charge in [0, 0.05) is 30.0 Å². The van der Waals surface area contributed by atoms with Crippen LogP contribution in [0.1, 0.15) is 19.5 Å². The first-order valence-corrected chi connectivity index (χ1v) is 7.05. The van der Waals surface area contributed by atoms with Crippen LogP contribution in [0.3, 0.4) is 0 Å². The van der Waals surface area contributed by atoms with E-state index in [0.29, 0.717) is 0 Å². The number of nitrogens with zero attached hydrogens (tertiary/aromatic N) is 1. The number of thiazole rings is 1. The van der Waals surface area contributed by atoms with Crippen LogP contribution in [0.5, 0.6) is 0 Å². The van der Waals surface area contributed by atoms with Crippen LogP contribution in [-0.2, 0) is 6.54 Å². The lowest BCUT2D eigenvalue weighted by Gasteiger charge is -2.15. The molecule has 0 unspecified atom stereocenters. The summed E-state index contributed by atoms with van der Waals surface area (Å²) in [5, 5.41) is 14.8. The van der Waals surface area contributed by atoms with Crippen molar-refractivity contribution in [1.29, 1.82) is 0 Å². The van der Waals surface area contributed by atoms with Crippen LogP contribution in [0.25, 0.3) is 0 Å². The van der Waals surface area contributed by atoms with E-state index in [-0.39, 0.29) is 0 Å². The van der Waals surface area contributed by atoms with Gasteiger partial charge < -0.3 is 10.4 Å². The second-order valence-corrected chi connectivity index (χ2v) is 5.85. The Kier molecular flexibility index (Phi) is 5.60. The van der Waals surface area contributed by atoms with E-state index >= 15 is 0 Å². The quantitative estimate of drug-likeness (QED) is 0.719. The minimum Gasteiger partial charge on any atom is -0.390 e.